The van der Waals surface area contributed by atoms with E-state index in [9.17, 15) is 29.6 Å². The summed E-state index contributed by atoms with van der Waals surface area (Å²) in [5.74, 6) is -0.830. The zero-order chi connectivity index (χ0) is 37.4. The van der Waals surface area contributed by atoms with Crippen LogP contribution in [0.4, 0.5) is 26.7 Å². The number of phenolic OH excluding ortho intramolecular Hbond substituents is 1. The van der Waals surface area contributed by atoms with Crippen LogP contribution < -0.4 is 20.9 Å². The van der Waals surface area contributed by atoms with Gasteiger partial charge in [0.15, 0.2) is 11.3 Å². The van der Waals surface area contributed by atoms with Crippen LogP contribution in [0.3, 0.4) is 0 Å². The normalized spacial score (nSPS) is 16.3. The van der Waals surface area contributed by atoms with Crippen molar-refractivity contribution in [3.63, 3.8) is 0 Å². The number of phenols is 1. The number of aromatic hydroxyl groups is 1. The lowest BCUT2D eigenvalue weighted by Crippen LogP contribution is -2.61. The Bertz CT molecular complexity index is 1900. The Labute approximate surface area is 301 Å². The van der Waals surface area contributed by atoms with Crippen molar-refractivity contribution in [1.82, 2.24) is 20.1 Å². The number of fused-ring (bicyclic) bond motifs is 1. The van der Waals surface area contributed by atoms with E-state index in [1.54, 1.807) is 6.07 Å². The molecule has 3 aromatic carbocycles. The molecule has 2 aliphatic rings. The van der Waals surface area contributed by atoms with Crippen LogP contribution in [0.15, 0.2) is 75.9 Å². The van der Waals surface area contributed by atoms with Gasteiger partial charge in [0, 0.05) is 81.9 Å². The number of unbranched alkanes of at least 4 members (excludes halogenated alkanes) is 1. The van der Waals surface area contributed by atoms with E-state index in [1.165, 1.54) is 22.6 Å². The summed E-state index contributed by atoms with van der Waals surface area (Å²) >= 11 is 0. The van der Waals surface area contributed by atoms with E-state index < -0.39 is 16.8 Å². The minimum Gasteiger partial charge on any atom is -0.502 e. The van der Waals surface area contributed by atoms with Crippen molar-refractivity contribution < 1.29 is 29.1 Å². The van der Waals surface area contributed by atoms with E-state index in [0.29, 0.717) is 56.1 Å². The Morgan fingerprint density at radius 3 is 2.27 bits per heavy atom. The summed E-state index contributed by atoms with van der Waals surface area (Å²) in [6.45, 7) is 11.0. The molecule has 278 valence electrons. The van der Waals surface area contributed by atoms with Gasteiger partial charge in [0.25, 0.3) is 0 Å². The molecule has 0 bridgehead atoms. The van der Waals surface area contributed by atoms with Crippen molar-refractivity contribution in [1.29, 1.82) is 0 Å². The van der Waals surface area contributed by atoms with Crippen molar-refractivity contribution in [2.45, 2.75) is 46.1 Å². The fraction of sp³-hybridized carbons (Fsp3) is 0.432. The average Bonchev–Trinajstić information content (AvgIpc) is 3.50. The fourth-order valence-corrected chi connectivity index (χ4v) is 6.55. The Kier molecular flexibility index (Phi) is 11.9. The van der Waals surface area contributed by atoms with E-state index in [2.05, 4.69) is 60.2 Å². The summed E-state index contributed by atoms with van der Waals surface area (Å²) in [4.78, 5) is 55.4. The van der Waals surface area contributed by atoms with Gasteiger partial charge in [0.2, 0.25) is 0 Å². The monoisotopic (exact) mass is 717 g/mol. The number of H-pyrrole nitrogens is 1. The molecule has 15 heteroatoms. The maximum atomic E-state index is 13.1. The molecule has 4 aromatic rings. The highest BCUT2D eigenvalue weighted by Crippen LogP contribution is 2.32. The Morgan fingerprint density at radius 2 is 1.62 bits per heavy atom. The number of hydrogen-bond donors (Lipinski definition) is 4. The lowest BCUT2D eigenvalue weighted by molar-refractivity contribution is -0.385. The Morgan fingerprint density at radius 1 is 0.942 bits per heavy atom. The molecule has 52 heavy (non-hydrogen) atoms. The van der Waals surface area contributed by atoms with Crippen LogP contribution in [0.2, 0.25) is 0 Å². The number of hydrogen-bond acceptors (Lipinski definition) is 9. The van der Waals surface area contributed by atoms with Crippen LogP contribution in [-0.4, -0.2) is 100 Å². The number of amides is 3. The molecule has 0 radical (unpaired) electrons. The average molecular weight is 718 g/mol. The van der Waals surface area contributed by atoms with Crippen LogP contribution in [0.25, 0.3) is 11.1 Å². The van der Waals surface area contributed by atoms with Crippen LogP contribution >= 0.6 is 0 Å². The van der Waals surface area contributed by atoms with Gasteiger partial charge in [0.1, 0.15) is 0 Å². The lowest BCUT2D eigenvalue weighted by atomic mass is 9.84. The third kappa shape index (κ3) is 9.53. The molecule has 1 unspecified atom stereocenters. The SMILES string of the molecule is CC(C)(C)C1CN(c2ccc3[nH]c(=O)oc3c2)CCN1C(=O)NCCCCc1ccccc1.O=C(O)N1CCN(c2ccc([N+](=O)[O-])c(O)c2)CC1. The molecule has 2 aliphatic heterocycles. The van der Waals surface area contributed by atoms with Crippen LogP contribution in [0.5, 0.6) is 5.75 Å². The molecule has 2 fully saturated rings. The highest BCUT2D eigenvalue weighted by atomic mass is 16.6. The number of piperazine rings is 2. The zero-order valence-corrected chi connectivity index (χ0v) is 29.8. The first-order valence-corrected chi connectivity index (χ1v) is 17.5. The molecule has 4 N–H and O–H groups in total. The summed E-state index contributed by atoms with van der Waals surface area (Å²) in [6.07, 6.45) is 2.10. The van der Waals surface area contributed by atoms with Gasteiger partial charge in [-0.05, 0) is 48.4 Å². The maximum absolute atomic E-state index is 13.1. The standard InChI is InChI=1S/C26H34N4O3.C11H13N3O5/c1-26(2,3)23-18-29(20-12-13-21-22(17-20)33-25(32)28-21)15-16-30(23)24(31)27-14-8-7-11-19-9-5-4-6-10-19;15-10-7-8(1-2-9(10)14(18)19)12-3-5-13(6-4-12)11(16)17/h4-6,9-10,12-13,17,23H,7-8,11,14-16,18H2,1-3H3,(H,27,31)(H,28,32);1-2,7,15H,3-6H2,(H,16,17). The minimum absolute atomic E-state index is 0.0152. The number of nitrogens with zero attached hydrogens (tertiary/aromatic N) is 5. The quantitative estimate of drug-likeness (QED) is 0.103. The topological polar surface area (TPSA) is 189 Å². The van der Waals surface area contributed by atoms with Gasteiger partial charge in [-0.2, -0.15) is 0 Å². The van der Waals surface area contributed by atoms with Crippen molar-refractivity contribution in [2.75, 3.05) is 62.2 Å². The van der Waals surface area contributed by atoms with Gasteiger partial charge in [-0.15, -0.1) is 0 Å². The van der Waals surface area contributed by atoms with Gasteiger partial charge in [-0.1, -0.05) is 51.1 Å². The summed E-state index contributed by atoms with van der Waals surface area (Å²) in [6, 6.07) is 20.4. The van der Waals surface area contributed by atoms with E-state index in [-0.39, 0.29) is 28.9 Å². The number of rotatable bonds is 8. The van der Waals surface area contributed by atoms with Crippen molar-refractivity contribution in [3.05, 3.63) is 93.0 Å². The highest BCUT2D eigenvalue weighted by Gasteiger charge is 2.38. The van der Waals surface area contributed by atoms with Crippen LogP contribution in [0.1, 0.15) is 39.2 Å². The van der Waals surface area contributed by atoms with E-state index >= 15 is 0 Å². The second-order valence-electron chi connectivity index (χ2n) is 14.1. The summed E-state index contributed by atoms with van der Waals surface area (Å²) in [5, 5.41) is 32.1. The van der Waals surface area contributed by atoms with Crippen LogP contribution in [-0.2, 0) is 6.42 Å². The number of nitro groups is 1. The number of aromatic nitrogens is 1. The summed E-state index contributed by atoms with van der Waals surface area (Å²) < 4.78 is 5.23. The van der Waals surface area contributed by atoms with Crippen molar-refractivity contribution in [3.8, 4) is 5.75 Å². The minimum atomic E-state index is -0.953. The van der Waals surface area contributed by atoms with Crippen molar-refractivity contribution >= 4 is 40.3 Å². The summed E-state index contributed by atoms with van der Waals surface area (Å²) in [5.41, 5.74) is 3.82. The predicted octanol–water partition coefficient (Wildman–Crippen LogP) is 5.49. The maximum Gasteiger partial charge on any atom is 0.417 e. The molecule has 1 atom stereocenters. The molecule has 0 spiro atoms. The number of carboxylic acid groups (broad SMARTS) is 1. The van der Waals surface area contributed by atoms with E-state index in [4.69, 9.17) is 9.52 Å². The molecule has 1 aromatic heterocycles. The molecule has 2 saturated heterocycles. The van der Waals surface area contributed by atoms with Gasteiger partial charge in [-0.25, -0.2) is 14.4 Å². The van der Waals surface area contributed by atoms with E-state index in [0.717, 1.165) is 38.0 Å². The molecule has 6 rings (SSSR count). The largest absolute Gasteiger partial charge is 0.502 e. The number of benzene rings is 3. The Balaban J connectivity index is 0.000000233. The first kappa shape index (κ1) is 37.5. The molecule has 15 nitrogen and oxygen atoms in total. The third-order valence-corrected chi connectivity index (χ3v) is 9.49. The zero-order valence-electron chi connectivity index (χ0n) is 29.8. The molecular formula is C37H47N7O8. The number of nitrogens with one attached hydrogen (secondary N) is 2. The first-order valence-electron chi connectivity index (χ1n) is 17.5. The smallest absolute Gasteiger partial charge is 0.417 e. The number of urea groups is 1. The van der Waals surface area contributed by atoms with Gasteiger partial charge in [0.05, 0.1) is 16.5 Å². The van der Waals surface area contributed by atoms with E-state index in [1.807, 2.05) is 34.1 Å². The number of carbonyl (C=O) groups excluding carboxylic acids is 1. The molecule has 0 saturated carbocycles. The number of aryl methyl sites for hydroxylation is 1. The first-order chi connectivity index (χ1) is 24.8. The number of anilines is 2. The predicted molar refractivity (Wildman–Crippen MR) is 198 cm³/mol. The number of nitro benzene ring substituents is 1. The molecule has 3 heterocycles. The number of carbonyl (C=O) groups is 2. The number of oxazole rings is 1. The Hall–Kier alpha value is -5.73. The van der Waals surface area contributed by atoms with Gasteiger partial charge in [-0.3, -0.25) is 15.1 Å². The molecular weight excluding hydrogens is 670 g/mol. The van der Waals surface area contributed by atoms with Gasteiger partial charge < -0.3 is 39.5 Å². The highest BCUT2D eigenvalue weighted by molar-refractivity contribution is 5.78. The molecule has 0 aliphatic carbocycles. The lowest BCUT2D eigenvalue weighted by Gasteiger charge is -2.47. The van der Waals surface area contributed by atoms with Gasteiger partial charge >= 0.3 is 23.6 Å². The molecule has 3 amide bonds. The van der Waals surface area contributed by atoms with Crippen molar-refractivity contribution in [2.24, 2.45) is 5.41 Å². The second-order valence-corrected chi connectivity index (χ2v) is 14.1. The third-order valence-electron chi connectivity index (χ3n) is 9.49. The fourth-order valence-electron chi connectivity index (χ4n) is 6.55. The second kappa shape index (κ2) is 16.5. The van der Waals surface area contributed by atoms with Crippen LogP contribution in [0, 0.1) is 15.5 Å². The summed E-state index contributed by atoms with van der Waals surface area (Å²) in [7, 11) is 0. The number of aromatic amines is 1.